The van der Waals surface area contributed by atoms with Gasteiger partial charge in [-0.05, 0) is 38.1 Å². The normalized spacial score (nSPS) is 10.4. The lowest BCUT2D eigenvalue weighted by Crippen LogP contribution is -2.06. The van der Waals surface area contributed by atoms with E-state index in [9.17, 15) is 5.26 Å². The highest BCUT2D eigenvalue weighted by Crippen LogP contribution is 2.29. The number of furan rings is 1. The minimum atomic E-state index is 0.00487. The molecule has 0 atom stereocenters. The number of pyridine rings is 1. The highest BCUT2D eigenvalue weighted by molar-refractivity contribution is 5.66. The molecule has 0 saturated carbocycles. The maximum atomic E-state index is 9.49. The van der Waals surface area contributed by atoms with Crippen LogP contribution in [0.15, 0.2) is 34.7 Å². The summed E-state index contributed by atoms with van der Waals surface area (Å²) in [5, 5.41) is 9.49. The van der Waals surface area contributed by atoms with Gasteiger partial charge in [0.05, 0.1) is 5.69 Å². The van der Waals surface area contributed by atoms with Gasteiger partial charge in [-0.1, -0.05) is 6.07 Å². The van der Waals surface area contributed by atoms with Gasteiger partial charge in [0.25, 0.3) is 0 Å². The summed E-state index contributed by atoms with van der Waals surface area (Å²) in [6.07, 6.45) is 0. The van der Waals surface area contributed by atoms with Crippen LogP contribution in [0.2, 0.25) is 0 Å². The molecule has 0 aromatic carbocycles. The predicted molar refractivity (Wildman–Crippen MR) is 86.9 cm³/mol. The van der Waals surface area contributed by atoms with Crippen LogP contribution >= 0.6 is 0 Å². The van der Waals surface area contributed by atoms with Crippen molar-refractivity contribution in [3.05, 3.63) is 53.0 Å². The Bertz CT molecular complexity index is 927. The van der Waals surface area contributed by atoms with Crippen molar-refractivity contribution in [1.82, 2.24) is 15.0 Å². The van der Waals surface area contributed by atoms with Crippen molar-refractivity contribution in [3.63, 3.8) is 0 Å². The molecule has 0 radical (unpaired) electrons. The van der Waals surface area contributed by atoms with Gasteiger partial charge in [0, 0.05) is 5.69 Å². The number of nitriles is 1. The highest BCUT2D eigenvalue weighted by Gasteiger charge is 2.19. The third-order valence-corrected chi connectivity index (χ3v) is 3.28. The molecule has 0 fully saturated rings. The molecule has 3 aromatic heterocycles. The first-order valence-corrected chi connectivity index (χ1v) is 7.26. The van der Waals surface area contributed by atoms with E-state index in [0.29, 0.717) is 17.2 Å². The second kappa shape index (κ2) is 6.38. The number of hydrogen-bond donors (Lipinski definition) is 1. The first kappa shape index (κ1) is 15.5. The number of nitrogen functional groups attached to an aromatic ring is 1. The van der Waals surface area contributed by atoms with E-state index in [1.165, 1.54) is 0 Å². The number of nitrogens with two attached hydrogens (primary N) is 1. The Kier molecular flexibility index (Phi) is 4.12. The van der Waals surface area contributed by atoms with Gasteiger partial charge in [-0.2, -0.15) is 10.2 Å². The summed E-state index contributed by atoms with van der Waals surface area (Å²) in [7, 11) is 0. The Morgan fingerprint density at radius 1 is 1.17 bits per heavy atom. The summed E-state index contributed by atoms with van der Waals surface area (Å²) in [5.74, 6) is 1.26. The van der Waals surface area contributed by atoms with Crippen LogP contribution in [-0.2, 0) is 6.61 Å². The average molecular weight is 321 g/mol. The zero-order chi connectivity index (χ0) is 17.1. The fourth-order valence-corrected chi connectivity index (χ4v) is 2.22. The Labute approximate surface area is 138 Å². The number of ether oxygens (including phenoxy) is 1. The molecule has 0 saturated heterocycles. The van der Waals surface area contributed by atoms with Crippen molar-refractivity contribution >= 4 is 5.95 Å². The molecule has 0 bridgehead atoms. The second-order valence-electron chi connectivity index (χ2n) is 5.19. The second-order valence-corrected chi connectivity index (χ2v) is 5.19. The van der Waals surface area contributed by atoms with Gasteiger partial charge in [-0.3, -0.25) is 4.98 Å². The van der Waals surface area contributed by atoms with Gasteiger partial charge in [0.15, 0.2) is 5.76 Å². The summed E-state index contributed by atoms with van der Waals surface area (Å²) in [5.41, 5.74) is 7.84. The zero-order valence-corrected chi connectivity index (χ0v) is 13.3. The molecule has 0 unspecified atom stereocenters. The number of rotatable bonds is 4. The van der Waals surface area contributed by atoms with E-state index in [-0.39, 0.29) is 24.0 Å². The van der Waals surface area contributed by atoms with Crippen LogP contribution in [-0.4, -0.2) is 15.0 Å². The molecule has 24 heavy (non-hydrogen) atoms. The fourth-order valence-electron chi connectivity index (χ4n) is 2.22. The molecule has 7 nitrogen and oxygen atoms in total. The summed E-state index contributed by atoms with van der Waals surface area (Å²) < 4.78 is 11.2. The molecule has 0 aliphatic heterocycles. The number of hydrogen-bond acceptors (Lipinski definition) is 7. The van der Waals surface area contributed by atoms with Gasteiger partial charge < -0.3 is 14.9 Å². The van der Waals surface area contributed by atoms with Crippen LogP contribution in [0.1, 0.15) is 22.7 Å². The van der Waals surface area contributed by atoms with Crippen LogP contribution in [0, 0.1) is 25.2 Å². The Morgan fingerprint density at radius 3 is 2.67 bits per heavy atom. The molecular formula is C17H15N5O2. The molecule has 3 rings (SSSR count). The van der Waals surface area contributed by atoms with Gasteiger partial charge >= 0.3 is 0 Å². The first-order valence-electron chi connectivity index (χ1n) is 7.26. The van der Waals surface area contributed by atoms with Crippen molar-refractivity contribution in [2.45, 2.75) is 20.5 Å². The molecule has 120 valence electrons. The fraction of sp³-hybridized carbons (Fsp3) is 0.176. The Hall–Kier alpha value is -3.40. The summed E-state index contributed by atoms with van der Waals surface area (Å²) in [6.45, 7) is 3.87. The molecule has 0 aliphatic carbocycles. The maximum Gasteiger partial charge on any atom is 0.237 e. The van der Waals surface area contributed by atoms with Crippen LogP contribution < -0.4 is 10.5 Å². The van der Waals surface area contributed by atoms with Crippen molar-refractivity contribution in [2.75, 3.05) is 5.73 Å². The zero-order valence-electron chi connectivity index (χ0n) is 13.3. The lowest BCUT2D eigenvalue weighted by Gasteiger charge is -2.09. The minimum absolute atomic E-state index is 0.00487. The molecule has 3 heterocycles. The lowest BCUT2D eigenvalue weighted by atomic mass is 10.2. The molecule has 0 spiro atoms. The summed E-state index contributed by atoms with van der Waals surface area (Å²) in [6, 6.07) is 11.2. The van der Waals surface area contributed by atoms with Gasteiger partial charge in [-0.25, -0.2) is 4.98 Å². The molecule has 2 N–H and O–H groups in total. The molecule has 0 amide bonds. The Morgan fingerprint density at radius 2 is 2.00 bits per heavy atom. The molecular weight excluding hydrogens is 306 g/mol. The van der Waals surface area contributed by atoms with Crippen LogP contribution in [0.4, 0.5) is 5.95 Å². The predicted octanol–water partition coefficient (Wildman–Crippen LogP) is 2.78. The van der Waals surface area contributed by atoms with Crippen molar-refractivity contribution in [3.8, 4) is 23.4 Å². The monoisotopic (exact) mass is 321 g/mol. The third-order valence-electron chi connectivity index (χ3n) is 3.28. The van der Waals surface area contributed by atoms with E-state index in [0.717, 1.165) is 11.4 Å². The number of aromatic nitrogens is 3. The smallest absolute Gasteiger partial charge is 0.237 e. The van der Waals surface area contributed by atoms with E-state index in [1.807, 2.05) is 25.1 Å². The molecule has 7 heteroatoms. The van der Waals surface area contributed by atoms with Gasteiger partial charge in [-0.15, -0.1) is 0 Å². The average Bonchev–Trinajstić information content (AvgIpc) is 2.99. The molecule has 3 aromatic rings. The van der Waals surface area contributed by atoms with E-state index in [2.05, 4.69) is 21.0 Å². The van der Waals surface area contributed by atoms with Crippen molar-refractivity contribution < 1.29 is 9.15 Å². The summed E-state index contributed by atoms with van der Waals surface area (Å²) in [4.78, 5) is 12.5. The van der Waals surface area contributed by atoms with Gasteiger partial charge in [0.1, 0.15) is 29.7 Å². The Balaban J connectivity index is 1.96. The molecule has 0 aliphatic rings. The van der Waals surface area contributed by atoms with E-state index >= 15 is 0 Å². The standard InChI is InChI=1S/C17H15N5O2/c1-10-4-3-5-12(20-10)9-23-16-13(8-18)15(21-17(19)22-16)14-7-6-11(2)24-14/h3-7H,9H2,1-2H3,(H2,19,21,22). The highest BCUT2D eigenvalue weighted by atomic mass is 16.5. The van der Waals surface area contributed by atoms with Gasteiger partial charge in [0.2, 0.25) is 11.8 Å². The number of aryl methyl sites for hydroxylation is 2. The number of nitrogens with zero attached hydrogens (tertiary/aromatic N) is 4. The lowest BCUT2D eigenvalue weighted by molar-refractivity contribution is 0.288. The quantitative estimate of drug-likeness (QED) is 0.786. The first-order chi connectivity index (χ1) is 11.6. The maximum absolute atomic E-state index is 9.49. The van der Waals surface area contributed by atoms with Crippen LogP contribution in [0.3, 0.4) is 0 Å². The van der Waals surface area contributed by atoms with Crippen molar-refractivity contribution in [2.24, 2.45) is 0 Å². The summed E-state index contributed by atoms with van der Waals surface area (Å²) >= 11 is 0. The third kappa shape index (κ3) is 3.17. The van der Waals surface area contributed by atoms with Crippen molar-refractivity contribution in [1.29, 1.82) is 5.26 Å². The minimum Gasteiger partial charge on any atom is -0.470 e. The van der Waals surface area contributed by atoms with Crippen LogP contribution in [0.25, 0.3) is 11.5 Å². The number of anilines is 1. The van der Waals surface area contributed by atoms with E-state index in [4.69, 9.17) is 14.9 Å². The largest absolute Gasteiger partial charge is 0.470 e. The van der Waals surface area contributed by atoms with E-state index in [1.54, 1.807) is 19.1 Å². The topological polar surface area (TPSA) is 111 Å². The van der Waals surface area contributed by atoms with E-state index < -0.39 is 0 Å². The van der Waals surface area contributed by atoms with Crippen LogP contribution in [0.5, 0.6) is 5.88 Å². The SMILES string of the molecule is Cc1cccc(COc2nc(N)nc(-c3ccc(C)o3)c2C#N)n1.